The minimum absolute atomic E-state index is 0.518. The number of aromatic nitrogens is 4. The van der Waals surface area contributed by atoms with Gasteiger partial charge in [0.1, 0.15) is 5.82 Å². The number of nitrogens with zero attached hydrogens (tertiary/aromatic N) is 3. The fraction of sp³-hybridized carbons (Fsp3) is 0.0625. The molecular weight excluding hydrogens is 262 g/mol. The Hall–Kier alpha value is -2.79. The second-order valence-electron chi connectivity index (χ2n) is 4.87. The number of fused-ring (bicyclic) bond motifs is 2. The third-order valence-electron chi connectivity index (χ3n) is 3.54. The number of hydrogen-bond acceptors (Lipinski definition) is 4. The summed E-state index contributed by atoms with van der Waals surface area (Å²) in [5, 5.41) is 0. The van der Waals surface area contributed by atoms with E-state index >= 15 is 0 Å². The lowest BCUT2D eigenvalue weighted by atomic mass is 10.1. The summed E-state index contributed by atoms with van der Waals surface area (Å²) in [6.45, 7) is 0.518. The van der Waals surface area contributed by atoms with E-state index in [1.807, 2.05) is 36.4 Å². The van der Waals surface area contributed by atoms with E-state index in [0.717, 1.165) is 39.0 Å². The van der Waals surface area contributed by atoms with Crippen molar-refractivity contribution >= 4 is 22.1 Å². The Balaban J connectivity index is 1.96. The Labute approximate surface area is 120 Å². The maximum Gasteiger partial charge on any atom is 0.140 e. The Morgan fingerprint density at radius 3 is 2.81 bits per heavy atom. The minimum Gasteiger partial charge on any atom is -0.338 e. The largest absolute Gasteiger partial charge is 0.338 e. The summed E-state index contributed by atoms with van der Waals surface area (Å²) in [7, 11) is 0. The highest BCUT2D eigenvalue weighted by Crippen LogP contribution is 2.26. The van der Waals surface area contributed by atoms with Gasteiger partial charge in [0.2, 0.25) is 0 Å². The molecule has 5 nitrogen and oxygen atoms in total. The normalized spacial score (nSPS) is 11.3. The van der Waals surface area contributed by atoms with E-state index < -0.39 is 0 Å². The molecule has 0 spiro atoms. The second-order valence-corrected chi connectivity index (χ2v) is 4.87. The molecule has 0 aliphatic carbocycles. The molecule has 0 bridgehead atoms. The van der Waals surface area contributed by atoms with Gasteiger partial charge in [-0.3, -0.25) is 9.97 Å². The molecule has 2 heterocycles. The van der Waals surface area contributed by atoms with Crippen LogP contribution in [0.3, 0.4) is 0 Å². The number of benzene rings is 2. The van der Waals surface area contributed by atoms with Crippen molar-refractivity contribution in [1.29, 1.82) is 0 Å². The van der Waals surface area contributed by atoms with Gasteiger partial charge in [-0.2, -0.15) is 0 Å². The van der Waals surface area contributed by atoms with Gasteiger partial charge in [0.05, 0.1) is 22.1 Å². The van der Waals surface area contributed by atoms with Gasteiger partial charge in [0, 0.05) is 24.5 Å². The molecule has 0 aliphatic rings. The van der Waals surface area contributed by atoms with E-state index in [4.69, 9.17) is 5.73 Å². The van der Waals surface area contributed by atoms with E-state index in [1.54, 1.807) is 12.4 Å². The number of para-hydroxylation sites is 1. The Bertz CT molecular complexity index is 936. The van der Waals surface area contributed by atoms with Crippen LogP contribution in [0.5, 0.6) is 0 Å². The van der Waals surface area contributed by atoms with Crippen LogP contribution in [0.4, 0.5) is 0 Å². The first-order valence-electron chi connectivity index (χ1n) is 6.74. The van der Waals surface area contributed by atoms with Crippen LogP contribution in [0.25, 0.3) is 33.5 Å². The van der Waals surface area contributed by atoms with Gasteiger partial charge < -0.3 is 10.7 Å². The number of rotatable bonds is 2. The molecule has 5 heteroatoms. The fourth-order valence-corrected chi connectivity index (χ4v) is 2.50. The number of imidazole rings is 1. The number of hydrogen-bond donors (Lipinski definition) is 2. The third kappa shape index (κ3) is 1.95. The summed E-state index contributed by atoms with van der Waals surface area (Å²) in [5.41, 5.74) is 11.3. The van der Waals surface area contributed by atoms with Crippen molar-refractivity contribution in [3.05, 3.63) is 54.4 Å². The standard InChI is InChI=1S/C16H13N5/c17-9-10-4-5-12-14(8-10)21-16(20-12)11-2-1-3-13-15(11)19-7-6-18-13/h1-8H,9,17H2,(H,20,21). The first kappa shape index (κ1) is 12.0. The molecule has 0 radical (unpaired) electrons. The van der Waals surface area contributed by atoms with Crippen LogP contribution in [0.2, 0.25) is 0 Å². The van der Waals surface area contributed by atoms with E-state index in [0.29, 0.717) is 6.54 Å². The molecule has 3 N–H and O–H groups in total. The van der Waals surface area contributed by atoms with Gasteiger partial charge in [-0.25, -0.2) is 4.98 Å². The van der Waals surface area contributed by atoms with Gasteiger partial charge >= 0.3 is 0 Å². The van der Waals surface area contributed by atoms with Crippen LogP contribution in [-0.2, 0) is 6.54 Å². The molecule has 2 aromatic heterocycles. The molecule has 0 fully saturated rings. The third-order valence-corrected chi connectivity index (χ3v) is 3.54. The number of aromatic amines is 1. The quantitative estimate of drug-likeness (QED) is 0.589. The van der Waals surface area contributed by atoms with Gasteiger partial charge in [-0.05, 0) is 29.8 Å². The van der Waals surface area contributed by atoms with Crippen molar-refractivity contribution in [1.82, 2.24) is 19.9 Å². The highest BCUT2D eigenvalue weighted by molar-refractivity contribution is 5.91. The predicted octanol–water partition coefficient (Wildman–Crippen LogP) is 2.63. The number of nitrogens with two attached hydrogens (primary N) is 1. The van der Waals surface area contributed by atoms with Gasteiger partial charge in [-0.1, -0.05) is 12.1 Å². The van der Waals surface area contributed by atoms with E-state index in [9.17, 15) is 0 Å². The molecule has 0 amide bonds. The Morgan fingerprint density at radius 2 is 1.90 bits per heavy atom. The summed E-state index contributed by atoms with van der Waals surface area (Å²) in [4.78, 5) is 16.7. The Kier molecular flexibility index (Phi) is 2.65. The van der Waals surface area contributed by atoms with Crippen molar-refractivity contribution in [2.75, 3.05) is 0 Å². The summed E-state index contributed by atoms with van der Waals surface area (Å²) in [6.07, 6.45) is 3.39. The summed E-state index contributed by atoms with van der Waals surface area (Å²) >= 11 is 0. The van der Waals surface area contributed by atoms with Crippen LogP contribution in [0, 0.1) is 0 Å². The minimum atomic E-state index is 0.518. The van der Waals surface area contributed by atoms with E-state index in [-0.39, 0.29) is 0 Å². The molecule has 4 aromatic rings. The van der Waals surface area contributed by atoms with Crippen LogP contribution in [0.1, 0.15) is 5.56 Å². The van der Waals surface area contributed by atoms with E-state index in [2.05, 4.69) is 19.9 Å². The first-order chi connectivity index (χ1) is 10.3. The first-order valence-corrected chi connectivity index (χ1v) is 6.74. The molecule has 0 saturated heterocycles. The van der Waals surface area contributed by atoms with Crippen molar-refractivity contribution in [2.24, 2.45) is 5.73 Å². The number of nitrogens with one attached hydrogen (secondary N) is 1. The van der Waals surface area contributed by atoms with Gasteiger partial charge in [0.25, 0.3) is 0 Å². The van der Waals surface area contributed by atoms with Crippen LogP contribution in [-0.4, -0.2) is 19.9 Å². The monoisotopic (exact) mass is 275 g/mol. The van der Waals surface area contributed by atoms with Crippen molar-refractivity contribution < 1.29 is 0 Å². The molecule has 102 valence electrons. The molecule has 0 aliphatic heterocycles. The summed E-state index contributed by atoms with van der Waals surface area (Å²) in [5.74, 6) is 0.797. The van der Waals surface area contributed by atoms with Crippen molar-refractivity contribution in [2.45, 2.75) is 6.54 Å². The molecule has 4 rings (SSSR count). The van der Waals surface area contributed by atoms with Gasteiger partial charge in [-0.15, -0.1) is 0 Å². The maximum absolute atomic E-state index is 5.68. The highest BCUT2D eigenvalue weighted by atomic mass is 14.9. The molecule has 0 unspecified atom stereocenters. The lowest BCUT2D eigenvalue weighted by Crippen LogP contribution is -1.95. The Morgan fingerprint density at radius 1 is 1.00 bits per heavy atom. The van der Waals surface area contributed by atoms with Crippen LogP contribution >= 0.6 is 0 Å². The zero-order valence-corrected chi connectivity index (χ0v) is 11.2. The highest BCUT2D eigenvalue weighted by Gasteiger charge is 2.10. The fourth-order valence-electron chi connectivity index (χ4n) is 2.50. The maximum atomic E-state index is 5.68. The van der Waals surface area contributed by atoms with E-state index in [1.165, 1.54) is 0 Å². The average molecular weight is 275 g/mol. The lowest BCUT2D eigenvalue weighted by molar-refractivity contribution is 1.07. The smallest absolute Gasteiger partial charge is 0.140 e. The molecule has 0 saturated carbocycles. The van der Waals surface area contributed by atoms with Crippen molar-refractivity contribution in [3.8, 4) is 11.4 Å². The summed E-state index contributed by atoms with van der Waals surface area (Å²) in [6, 6.07) is 11.9. The van der Waals surface area contributed by atoms with Crippen LogP contribution in [0.15, 0.2) is 48.8 Å². The van der Waals surface area contributed by atoms with Crippen LogP contribution < -0.4 is 5.73 Å². The average Bonchev–Trinajstić information content (AvgIpc) is 2.97. The molecule has 0 atom stereocenters. The van der Waals surface area contributed by atoms with Crippen molar-refractivity contribution in [3.63, 3.8) is 0 Å². The van der Waals surface area contributed by atoms with Gasteiger partial charge in [0.15, 0.2) is 0 Å². The predicted molar refractivity (Wildman–Crippen MR) is 82.5 cm³/mol. The zero-order valence-electron chi connectivity index (χ0n) is 11.2. The molecule has 21 heavy (non-hydrogen) atoms. The topological polar surface area (TPSA) is 80.5 Å². The zero-order chi connectivity index (χ0) is 14.2. The molecule has 2 aromatic carbocycles. The second kappa shape index (κ2) is 4.64. The number of H-pyrrole nitrogens is 1. The SMILES string of the molecule is NCc1ccc2nc(-c3cccc4nccnc34)[nH]c2c1. The lowest BCUT2D eigenvalue weighted by Gasteiger charge is -2.01. The molecular formula is C16H13N5. The summed E-state index contributed by atoms with van der Waals surface area (Å²) < 4.78 is 0.